The lowest BCUT2D eigenvalue weighted by molar-refractivity contribution is -0.187. The molecule has 1 aromatic heterocycles. The number of rotatable bonds is 3. The highest BCUT2D eigenvalue weighted by Crippen LogP contribution is 2.42. The Morgan fingerprint density at radius 1 is 1.19 bits per heavy atom. The van der Waals surface area contributed by atoms with E-state index in [4.69, 9.17) is 49.4 Å². The third kappa shape index (κ3) is 4.07. The van der Waals surface area contributed by atoms with Crippen LogP contribution in [-0.4, -0.2) is 28.3 Å². The molecule has 0 radical (unpaired) electrons. The SMILES string of the molecule is O=C(O)C1=Cc2cc(Cl)c(Oc3ccc(Cl)c(Cl)n3)cc2OC1C(F)(F)F. The molecule has 0 saturated heterocycles. The second-order valence-electron chi connectivity index (χ2n) is 5.29. The average molecular weight is 441 g/mol. The topological polar surface area (TPSA) is 68.7 Å². The van der Waals surface area contributed by atoms with E-state index in [0.29, 0.717) is 0 Å². The van der Waals surface area contributed by atoms with Crippen LogP contribution in [-0.2, 0) is 4.79 Å². The minimum Gasteiger partial charge on any atom is -0.478 e. The van der Waals surface area contributed by atoms with Crippen molar-refractivity contribution in [3.05, 3.63) is 50.6 Å². The highest BCUT2D eigenvalue weighted by molar-refractivity contribution is 6.41. The van der Waals surface area contributed by atoms with Gasteiger partial charge >= 0.3 is 12.1 Å². The zero-order valence-corrected chi connectivity index (χ0v) is 15.1. The van der Waals surface area contributed by atoms with Gasteiger partial charge in [0.2, 0.25) is 12.0 Å². The number of aromatic nitrogens is 1. The lowest BCUT2D eigenvalue weighted by Gasteiger charge is -2.27. The Labute approximate surface area is 164 Å². The Hall–Kier alpha value is -2.16. The quantitative estimate of drug-likeness (QED) is 0.627. The van der Waals surface area contributed by atoms with Gasteiger partial charge in [0.15, 0.2) is 10.9 Å². The van der Waals surface area contributed by atoms with Crippen molar-refractivity contribution in [3.8, 4) is 17.4 Å². The molecular formula is C16H7Cl3F3NO4. The van der Waals surface area contributed by atoms with Crippen LogP contribution in [0.15, 0.2) is 29.8 Å². The summed E-state index contributed by atoms with van der Waals surface area (Å²) in [7, 11) is 0. The van der Waals surface area contributed by atoms with Crippen molar-refractivity contribution in [3.63, 3.8) is 0 Å². The van der Waals surface area contributed by atoms with Gasteiger partial charge in [-0.25, -0.2) is 4.79 Å². The largest absolute Gasteiger partial charge is 0.478 e. The second kappa shape index (κ2) is 7.10. The maximum atomic E-state index is 13.1. The average Bonchev–Trinajstić information content (AvgIpc) is 2.57. The molecule has 2 heterocycles. The van der Waals surface area contributed by atoms with E-state index >= 15 is 0 Å². The van der Waals surface area contributed by atoms with Gasteiger partial charge in [-0.15, -0.1) is 0 Å². The van der Waals surface area contributed by atoms with Crippen molar-refractivity contribution in [2.75, 3.05) is 0 Å². The third-order valence-electron chi connectivity index (χ3n) is 3.44. The van der Waals surface area contributed by atoms with Crippen molar-refractivity contribution in [1.82, 2.24) is 4.98 Å². The maximum absolute atomic E-state index is 13.1. The first-order valence-corrected chi connectivity index (χ1v) is 8.21. The number of hydrogen-bond donors (Lipinski definition) is 1. The van der Waals surface area contributed by atoms with Gasteiger partial charge in [-0.05, 0) is 18.2 Å². The van der Waals surface area contributed by atoms with E-state index in [1.54, 1.807) is 0 Å². The normalized spacial score (nSPS) is 16.2. The van der Waals surface area contributed by atoms with Crippen molar-refractivity contribution < 1.29 is 32.5 Å². The lowest BCUT2D eigenvalue weighted by atomic mass is 10.0. The molecule has 1 aliphatic heterocycles. The van der Waals surface area contributed by atoms with Gasteiger partial charge in [0.1, 0.15) is 5.75 Å². The monoisotopic (exact) mass is 439 g/mol. The van der Waals surface area contributed by atoms with E-state index in [9.17, 15) is 18.0 Å². The standard InChI is InChI=1S/C16H7Cl3F3NO4/c17-8-1-2-12(23-14(8)19)26-11-5-10-6(4-9(11)18)3-7(15(24)25)13(27-10)16(20,21)22/h1-5,13H,(H,24,25). The highest BCUT2D eigenvalue weighted by Gasteiger charge is 2.48. The van der Waals surface area contributed by atoms with Crippen molar-refractivity contribution in [1.29, 1.82) is 0 Å². The van der Waals surface area contributed by atoms with Gasteiger partial charge in [-0.3, -0.25) is 0 Å². The van der Waals surface area contributed by atoms with Crippen molar-refractivity contribution in [2.45, 2.75) is 12.3 Å². The molecule has 1 unspecified atom stereocenters. The molecular weight excluding hydrogens is 434 g/mol. The van der Waals surface area contributed by atoms with Crippen LogP contribution in [0, 0.1) is 0 Å². The third-order valence-corrected chi connectivity index (χ3v) is 4.42. The number of alkyl halides is 3. The predicted octanol–water partition coefficient (Wildman–Crippen LogP) is 5.63. The van der Waals surface area contributed by atoms with Gasteiger partial charge < -0.3 is 14.6 Å². The number of halogens is 6. The zero-order valence-electron chi connectivity index (χ0n) is 12.9. The molecule has 0 saturated carbocycles. The fourth-order valence-corrected chi connectivity index (χ4v) is 2.73. The maximum Gasteiger partial charge on any atom is 0.430 e. The van der Waals surface area contributed by atoms with E-state index < -0.39 is 23.8 Å². The van der Waals surface area contributed by atoms with Crippen LogP contribution in [0.2, 0.25) is 15.2 Å². The van der Waals surface area contributed by atoms with E-state index in [1.165, 1.54) is 18.2 Å². The summed E-state index contributed by atoms with van der Waals surface area (Å²) >= 11 is 17.6. The van der Waals surface area contributed by atoms with E-state index in [0.717, 1.165) is 12.1 Å². The molecule has 1 aliphatic rings. The number of ether oxygens (including phenoxy) is 2. The molecule has 5 nitrogen and oxygen atoms in total. The van der Waals surface area contributed by atoms with Gasteiger partial charge in [0.25, 0.3) is 0 Å². The Balaban J connectivity index is 2.01. The number of pyridine rings is 1. The highest BCUT2D eigenvalue weighted by atomic mass is 35.5. The summed E-state index contributed by atoms with van der Waals surface area (Å²) in [5, 5.41) is 9.17. The van der Waals surface area contributed by atoms with Crippen LogP contribution in [0.1, 0.15) is 5.56 Å². The summed E-state index contributed by atoms with van der Waals surface area (Å²) in [6.07, 6.45) is -6.69. The van der Waals surface area contributed by atoms with Crippen LogP contribution in [0.25, 0.3) is 6.08 Å². The second-order valence-corrected chi connectivity index (χ2v) is 6.46. The number of hydrogen-bond acceptors (Lipinski definition) is 4. The van der Waals surface area contributed by atoms with E-state index in [1.807, 2.05) is 0 Å². The summed E-state index contributed by atoms with van der Waals surface area (Å²) in [5.41, 5.74) is -0.891. The predicted molar refractivity (Wildman–Crippen MR) is 91.9 cm³/mol. The molecule has 1 atom stereocenters. The van der Waals surface area contributed by atoms with Crippen molar-refractivity contribution >= 4 is 46.8 Å². The van der Waals surface area contributed by atoms with Crippen molar-refractivity contribution in [2.24, 2.45) is 0 Å². The van der Waals surface area contributed by atoms with Gasteiger partial charge in [-0.2, -0.15) is 18.2 Å². The molecule has 3 rings (SSSR count). The molecule has 11 heteroatoms. The van der Waals surface area contributed by atoms with E-state index in [2.05, 4.69) is 4.98 Å². The van der Waals surface area contributed by atoms with Gasteiger partial charge in [0, 0.05) is 17.7 Å². The molecule has 0 amide bonds. The first kappa shape index (κ1) is 19.6. The fraction of sp³-hybridized carbons (Fsp3) is 0.125. The fourth-order valence-electron chi connectivity index (χ4n) is 2.26. The summed E-state index contributed by atoms with van der Waals surface area (Å²) in [6, 6.07) is 5.12. The summed E-state index contributed by atoms with van der Waals surface area (Å²) in [6.45, 7) is 0. The lowest BCUT2D eigenvalue weighted by Crippen LogP contribution is -2.40. The first-order chi connectivity index (χ1) is 12.6. The minimum absolute atomic E-state index is 0.00308. The van der Waals surface area contributed by atoms with Gasteiger partial charge in [0.05, 0.1) is 15.6 Å². The number of fused-ring (bicyclic) bond motifs is 1. The first-order valence-electron chi connectivity index (χ1n) is 7.08. The number of aliphatic carboxylic acids is 1. The minimum atomic E-state index is -4.92. The number of benzene rings is 1. The Morgan fingerprint density at radius 2 is 1.89 bits per heavy atom. The molecule has 1 aromatic carbocycles. The van der Waals surface area contributed by atoms with Gasteiger partial charge in [-0.1, -0.05) is 34.8 Å². The number of carbonyl (C=O) groups is 1. The molecule has 0 fully saturated rings. The Bertz CT molecular complexity index is 963. The molecule has 1 N–H and O–H groups in total. The Kier molecular flexibility index (Phi) is 5.16. The smallest absolute Gasteiger partial charge is 0.430 e. The van der Waals surface area contributed by atoms with Crippen LogP contribution >= 0.6 is 34.8 Å². The van der Waals surface area contributed by atoms with E-state index in [-0.39, 0.29) is 38.1 Å². The molecule has 2 aromatic rings. The molecule has 0 spiro atoms. The zero-order chi connectivity index (χ0) is 19.9. The Morgan fingerprint density at radius 3 is 2.48 bits per heavy atom. The number of carboxylic acid groups (broad SMARTS) is 1. The molecule has 0 aliphatic carbocycles. The van der Waals surface area contributed by atoms with Crippen LogP contribution in [0.4, 0.5) is 13.2 Å². The van der Waals surface area contributed by atoms with Crippen LogP contribution in [0.5, 0.6) is 17.4 Å². The summed E-state index contributed by atoms with van der Waals surface area (Å²) in [4.78, 5) is 15.0. The summed E-state index contributed by atoms with van der Waals surface area (Å²) < 4.78 is 49.7. The van der Waals surface area contributed by atoms with Crippen LogP contribution in [0.3, 0.4) is 0 Å². The van der Waals surface area contributed by atoms with Crippen LogP contribution < -0.4 is 9.47 Å². The number of nitrogens with zero attached hydrogens (tertiary/aromatic N) is 1. The molecule has 142 valence electrons. The number of carboxylic acids is 1. The summed E-state index contributed by atoms with van der Waals surface area (Å²) in [5.74, 6) is -2.06. The molecule has 0 bridgehead atoms. The molecule has 27 heavy (non-hydrogen) atoms.